The van der Waals surface area contributed by atoms with Crippen molar-refractivity contribution in [2.45, 2.75) is 13.0 Å². The number of carbonyl (C=O) groups excluding carboxylic acids is 2. The Labute approximate surface area is 232 Å². The molecule has 4 heterocycles. The maximum Gasteiger partial charge on any atom is 0.248 e. The molecular weight excluding hydrogens is 506 g/mol. The Morgan fingerprint density at radius 3 is 2.65 bits per heavy atom. The monoisotopic (exact) mass is 537 g/mol. The molecule has 1 fully saturated rings. The second-order valence-electron chi connectivity index (χ2n) is 9.84. The van der Waals surface area contributed by atoms with Gasteiger partial charge < -0.3 is 25.8 Å². The van der Waals surface area contributed by atoms with Crippen molar-refractivity contribution in [3.8, 4) is 11.3 Å². The van der Waals surface area contributed by atoms with Gasteiger partial charge in [0.1, 0.15) is 5.82 Å². The standard InChI is InChI=1S/C29H31N9O2/c1-19(39)38-17-23(18-38)33-26-10-9-22(16-31-26)35-29-32-15-20-6-4-7-24(28(20)36-29)25-14-21(11-12-30-25)34-27(40)8-5-13-37(2)3/h4-12,14-16,23H,13,17-18H2,1-3H3,(H,31,33)(H,30,34,40)(H,32,35,36)/b8-5+. The van der Waals surface area contributed by atoms with E-state index in [1.54, 1.807) is 36.5 Å². The summed E-state index contributed by atoms with van der Waals surface area (Å²) in [6.07, 6.45) is 8.47. The lowest BCUT2D eigenvalue weighted by atomic mass is 10.1. The number of likely N-dealkylation sites (tertiary alicyclic amines) is 1. The van der Waals surface area contributed by atoms with Crippen LogP contribution >= 0.6 is 0 Å². The van der Waals surface area contributed by atoms with Gasteiger partial charge in [-0.2, -0.15) is 0 Å². The number of rotatable bonds is 9. The van der Waals surface area contributed by atoms with Gasteiger partial charge in [0.2, 0.25) is 17.8 Å². The molecule has 0 bridgehead atoms. The Kier molecular flexibility index (Phi) is 7.92. The van der Waals surface area contributed by atoms with Crippen molar-refractivity contribution >= 4 is 45.9 Å². The highest BCUT2D eigenvalue weighted by molar-refractivity contribution is 6.00. The molecule has 204 valence electrons. The summed E-state index contributed by atoms with van der Waals surface area (Å²) in [4.78, 5) is 45.7. The van der Waals surface area contributed by atoms with Crippen LogP contribution in [0.5, 0.6) is 0 Å². The molecule has 3 N–H and O–H groups in total. The number of aromatic nitrogens is 4. The van der Waals surface area contributed by atoms with Crippen molar-refractivity contribution in [2.24, 2.45) is 0 Å². The van der Waals surface area contributed by atoms with Crippen LogP contribution in [0.2, 0.25) is 0 Å². The molecule has 11 heteroatoms. The van der Waals surface area contributed by atoms with Crippen LogP contribution in [0.1, 0.15) is 6.92 Å². The molecule has 0 unspecified atom stereocenters. The lowest BCUT2D eigenvalue weighted by molar-refractivity contribution is -0.132. The second-order valence-corrected chi connectivity index (χ2v) is 9.84. The Bertz CT molecular complexity index is 1550. The minimum absolute atomic E-state index is 0.0861. The maximum absolute atomic E-state index is 12.3. The van der Waals surface area contributed by atoms with Crippen molar-refractivity contribution in [1.82, 2.24) is 29.7 Å². The van der Waals surface area contributed by atoms with E-state index < -0.39 is 0 Å². The predicted octanol–water partition coefficient (Wildman–Crippen LogP) is 3.53. The summed E-state index contributed by atoms with van der Waals surface area (Å²) in [5.41, 5.74) is 3.62. The first kappa shape index (κ1) is 26.7. The van der Waals surface area contributed by atoms with Crippen LogP contribution < -0.4 is 16.0 Å². The molecule has 1 aliphatic heterocycles. The molecule has 1 aromatic carbocycles. The molecule has 2 amide bonds. The zero-order chi connectivity index (χ0) is 28.1. The molecule has 0 radical (unpaired) electrons. The molecule has 1 aliphatic rings. The summed E-state index contributed by atoms with van der Waals surface area (Å²) in [7, 11) is 3.89. The molecule has 1 saturated heterocycles. The van der Waals surface area contributed by atoms with E-state index in [-0.39, 0.29) is 17.9 Å². The molecule has 40 heavy (non-hydrogen) atoms. The third kappa shape index (κ3) is 6.56. The minimum Gasteiger partial charge on any atom is -0.364 e. The zero-order valence-electron chi connectivity index (χ0n) is 22.6. The molecule has 0 aliphatic carbocycles. The van der Waals surface area contributed by atoms with Crippen molar-refractivity contribution < 1.29 is 9.59 Å². The summed E-state index contributed by atoms with van der Waals surface area (Å²) in [5, 5.41) is 10.3. The Morgan fingerprint density at radius 2 is 1.90 bits per heavy atom. The number of likely N-dealkylation sites (N-methyl/N-ethyl adjacent to an activating group) is 1. The molecule has 5 rings (SSSR count). The number of hydrogen-bond donors (Lipinski definition) is 3. The van der Waals surface area contributed by atoms with Crippen LogP contribution in [-0.4, -0.2) is 81.3 Å². The number of para-hydroxylation sites is 1. The zero-order valence-corrected chi connectivity index (χ0v) is 22.6. The Hall–Kier alpha value is -4.90. The first-order valence-electron chi connectivity index (χ1n) is 12.9. The van der Waals surface area contributed by atoms with Crippen molar-refractivity contribution in [1.29, 1.82) is 0 Å². The molecule has 0 atom stereocenters. The van der Waals surface area contributed by atoms with Gasteiger partial charge in [-0.15, -0.1) is 0 Å². The van der Waals surface area contributed by atoms with Gasteiger partial charge in [0.15, 0.2) is 0 Å². The number of hydrogen-bond acceptors (Lipinski definition) is 9. The lowest BCUT2D eigenvalue weighted by Crippen LogP contribution is -2.56. The van der Waals surface area contributed by atoms with E-state index in [4.69, 9.17) is 4.98 Å². The number of nitrogens with zero attached hydrogens (tertiary/aromatic N) is 6. The number of amides is 2. The van der Waals surface area contributed by atoms with Crippen LogP contribution in [0.3, 0.4) is 0 Å². The van der Waals surface area contributed by atoms with Gasteiger partial charge in [0.25, 0.3) is 0 Å². The van der Waals surface area contributed by atoms with Crippen LogP contribution in [0.4, 0.5) is 23.1 Å². The molecule has 0 saturated carbocycles. The highest BCUT2D eigenvalue weighted by Gasteiger charge is 2.28. The predicted molar refractivity (Wildman–Crippen MR) is 156 cm³/mol. The number of benzene rings is 1. The quantitative estimate of drug-likeness (QED) is 0.275. The fourth-order valence-electron chi connectivity index (χ4n) is 4.25. The smallest absolute Gasteiger partial charge is 0.248 e. The fourth-order valence-corrected chi connectivity index (χ4v) is 4.25. The molecule has 4 aromatic rings. The average Bonchev–Trinajstić information content (AvgIpc) is 2.90. The first-order chi connectivity index (χ1) is 19.3. The largest absolute Gasteiger partial charge is 0.364 e. The van der Waals surface area contributed by atoms with Gasteiger partial charge in [0, 0.05) is 61.7 Å². The molecular formula is C29H31N9O2. The van der Waals surface area contributed by atoms with Gasteiger partial charge in [0.05, 0.1) is 29.1 Å². The second kappa shape index (κ2) is 11.9. The van der Waals surface area contributed by atoms with Crippen molar-refractivity contribution in [3.05, 3.63) is 73.2 Å². The van der Waals surface area contributed by atoms with Gasteiger partial charge >= 0.3 is 0 Å². The Morgan fingerprint density at radius 1 is 1.05 bits per heavy atom. The average molecular weight is 538 g/mol. The fraction of sp³-hybridized carbons (Fsp3) is 0.241. The van der Waals surface area contributed by atoms with E-state index >= 15 is 0 Å². The van der Waals surface area contributed by atoms with Gasteiger partial charge in [-0.25, -0.2) is 15.0 Å². The van der Waals surface area contributed by atoms with Crippen LogP contribution in [0, 0.1) is 0 Å². The van der Waals surface area contributed by atoms with Gasteiger partial charge in [-0.1, -0.05) is 24.3 Å². The van der Waals surface area contributed by atoms with Gasteiger partial charge in [-0.3, -0.25) is 14.6 Å². The lowest BCUT2D eigenvalue weighted by Gasteiger charge is -2.39. The summed E-state index contributed by atoms with van der Waals surface area (Å²) < 4.78 is 0. The Balaban J connectivity index is 1.29. The van der Waals surface area contributed by atoms with Crippen LogP contribution in [0.25, 0.3) is 22.2 Å². The van der Waals surface area contributed by atoms with E-state index in [0.717, 1.165) is 28.0 Å². The van der Waals surface area contributed by atoms with Crippen molar-refractivity contribution in [2.75, 3.05) is 49.7 Å². The van der Waals surface area contributed by atoms with E-state index in [1.165, 1.54) is 6.08 Å². The SMILES string of the molecule is CC(=O)N1CC(Nc2ccc(Nc3ncc4cccc(-c5cc(NC(=O)/C=C/CN(C)C)ccn5)c4n3)cn2)C1. The number of carbonyl (C=O) groups is 2. The summed E-state index contributed by atoms with van der Waals surface area (Å²) in [5.74, 6) is 1.05. The summed E-state index contributed by atoms with van der Waals surface area (Å²) >= 11 is 0. The van der Waals surface area contributed by atoms with Crippen molar-refractivity contribution in [3.63, 3.8) is 0 Å². The third-order valence-electron chi connectivity index (χ3n) is 6.35. The third-order valence-corrected chi connectivity index (χ3v) is 6.35. The normalized spacial score (nSPS) is 13.4. The highest BCUT2D eigenvalue weighted by atomic mass is 16.2. The van der Waals surface area contributed by atoms with E-state index in [9.17, 15) is 9.59 Å². The summed E-state index contributed by atoms with van der Waals surface area (Å²) in [6, 6.07) is 13.4. The minimum atomic E-state index is -0.203. The van der Waals surface area contributed by atoms with E-state index in [1.807, 2.05) is 61.5 Å². The molecule has 3 aromatic heterocycles. The molecule has 11 nitrogen and oxygen atoms in total. The molecule has 0 spiro atoms. The number of anilines is 4. The number of fused-ring (bicyclic) bond motifs is 1. The van der Waals surface area contributed by atoms with Crippen LogP contribution in [0.15, 0.2) is 73.2 Å². The van der Waals surface area contributed by atoms with Gasteiger partial charge in [-0.05, 0) is 38.4 Å². The van der Waals surface area contributed by atoms with E-state index in [0.29, 0.717) is 37.0 Å². The van der Waals surface area contributed by atoms with Crippen LogP contribution in [-0.2, 0) is 9.59 Å². The number of nitrogens with one attached hydrogen (secondary N) is 3. The first-order valence-corrected chi connectivity index (χ1v) is 12.9. The maximum atomic E-state index is 12.3. The van der Waals surface area contributed by atoms with E-state index in [2.05, 4.69) is 30.9 Å². The summed E-state index contributed by atoms with van der Waals surface area (Å²) in [6.45, 7) is 3.62. The number of pyridine rings is 2. The highest BCUT2D eigenvalue weighted by Crippen LogP contribution is 2.28. The topological polar surface area (TPSA) is 128 Å².